The molecule has 0 spiro atoms. The molecular weight excluding hydrogens is 331 g/mol. The van der Waals surface area contributed by atoms with Crippen molar-refractivity contribution in [2.75, 3.05) is 25.4 Å². The number of carbonyl (C=O) groups is 1. The predicted molar refractivity (Wildman–Crippen MR) is 89.5 cm³/mol. The standard InChI is InChI=1S/C17H23FN2O3S/c18-24(22,23)13-15-9-17(21)20(11-15)16-7-4-8-19(12-16)10-14-5-2-1-3-6-14/h1-3,5-6,15-16H,4,7-13H2/t15?,16-/m1/s1. The summed E-state index contributed by atoms with van der Waals surface area (Å²) in [7, 11) is -4.53. The van der Waals surface area contributed by atoms with Crippen LogP contribution in [0.3, 0.4) is 0 Å². The second kappa shape index (κ2) is 7.19. The second-order valence-corrected chi connectivity index (χ2v) is 8.25. The van der Waals surface area contributed by atoms with E-state index in [4.69, 9.17) is 0 Å². The third kappa shape index (κ3) is 4.54. The molecule has 1 aromatic carbocycles. The molecule has 3 rings (SSSR count). The molecule has 0 saturated carbocycles. The lowest BCUT2D eigenvalue weighted by Gasteiger charge is -2.37. The zero-order chi connectivity index (χ0) is 17.2. The van der Waals surface area contributed by atoms with Crippen LogP contribution >= 0.6 is 0 Å². The van der Waals surface area contributed by atoms with Gasteiger partial charge in [-0.3, -0.25) is 9.69 Å². The van der Waals surface area contributed by atoms with Gasteiger partial charge in [0, 0.05) is 38.0 Å². The van der Waals surface area contributed by atoms with E-state index in [2.05, 4.69) is 17.0 Å². The zero-order valence-electron chi connectivity index (χ0n) is 13.6. The maximum Gasteiger partial charge on any atom is 0.302 e. The third-order valence-electron chi connectivity index (χ3n) is 4.84. The maximum absolute atomic E-state index is 12.9. The molecule has 2 aliphatic rings. The SMILES string of the molecule is O=C1CC(CS(=O)(=O)F)CN1[C@@H]1CCCN(Cc2ccccc2)C1. The topological polar surface area (TPSA) is 57.7 Å². The van der Waals surface area contributed by atoms with E-state index < -0.39 is 21.9 Å². The molecule has 1 unspecified atom stereocenters. The summed E-state index contributed by atoms with van der Waals surface area (Å²) in [5.74, 6) is -1.01. The van der Waals surface area contributed by atoms with Gasteiger partial charge in [0.05, 0.1) is 5.75 Å². The Bertz CT molecular complexity index is 680. The van der Waals surface area contributed by atoms with Gasteiger partial charge >= 0.3 is 10.2 Å². The van der Waals surface area contributed by atoms with Crippen molar-refractivity contribution in [2.24, 2.45) is 5.92 Å². The number of carbonyl (C=O) groups excluding carboxylic acids is 1. The molecule has 7 heteroatoms. The summed E-state index contributed by atoms with van der Waals surface area (Å²) in [6.45, 7) is 2.99. The fourth-order valence-electron chi connectivity index (χ4n) is 3.83. The first-order valence-corrected chi connectivity index (χ1v) is 9.94. The van der Waals surface area contributed by atoms with Gasteiger partial charge in [-0.05, 0) is 24.9 Å². The van der Waals surface area contributed by atoms with Crippen LogP contribution in [-0.4, -0.2) is 55.6 Å². The van der Waals surface area contributed by atoms with Gasteiger partial charge < -0.3 is 4.90 Å². The molecule has 1 aromatic rings. The van der Waals surface area contributed by atoms with Crippen LogP contribution in [0.2, 0.25) is 0 Å². The summed E-state index contributed by atoms with van der Waals surface area (Å²) in [5, 5.41) is 0. The summed E-state index contributed by atoms with van der Waals surface area (Å²) in [4.78, 5) is 16.3. The van der Waals surface area contributed by atoms with Crippen molar-refractivity contribution in [3.8, 4) is 0 Å². The highest BCUT2D eigenvalue weighted by Gasteiger charge is 2.37. The van der Waals surface area contributed by atoms with Crippen molar-refractivity contribution in [2.45, 2.75) is 31.8 Å². The highest BCUT2D eigenvalue weighted by Crippen LogP contribution is 2.26. The minimum Gasteiger partial charge on any atom is -0.338 e. The predicted octanol–water partition coefficient (Wildman–Crippen LogP) is 1.80. The molecule has 2 atom stereocenters. The largest absolute Gasteiger partial charge is 0.338 e. The highest BCUT2D eigenvalue weighted by molar-refractivity contribution is 7.86. The van der Waals surface area contributed by atoms with Gasteiger partial charge in [0.2, 0.25) is 5.91 Å². The Labute approximate surface area is 142 Å². The fraction of sp³-hybridized carbons (Fsp3) is 0.588. The van der Waals surface area contributed by atoms with Crippen LogP contribution in [0.1, 0.15) is 24.8 Å². The van der Waals surface area contributed by atoms with Crippen LogP contribution in [0.15, 0.2) is 30.3 Å². The molecule has 0 bridgehead atoms. The van der Waals surface area contributed by atoms with E-state index >= 15 is 0 Å². The van der Waals surface area contributed by atoms with Crippen LogP contribution in [-0.2, 0) is 21.6 Å². The maximum atomic E-state index is 12.9. The van der Waals surface area contributed by atoms with Crippen molar-refractivity contribution in [3.05, 3.63) is 35.9 Å². The number of likely N-dealkylation sites (tertiary alicyclic amines) is 2. The van der Waals surface area contributed by atoms with Crippen LogP contribution in [0.5, 0.6) is 0 Å². The molecule has 2 saturated heterocycles. The summed E-state index contributed by atoms with van der Waals surface area (Å²) >= 11 is 0. The Hall–Kier alpha value is -1.47. The third-order valence-corrected chi connectivity index (χ3v) is 5.71. The molecule has 2 heterocycles. The minimum atomic E-state index is -4.53. The Balaban J connectivity index is 1.59. The number of hydrogen-bond donors (Lipinski definition) is 0. The smallest absolute Gasteiger partial charge is 0.302 e. The van der Waals surface area contributed by atoms with Gasteiger partial charge in [0.25, 0.3) is 0 Å². The number of rotatable bonds is 5. The Kier molecular flexibility index (Phi) is 5.20. The van der Waals surface area contributed by atoms with E-state index in [1.165, 1.54) is 5.56 Å². The molecule has 0 N–H and O–H groups in total. The van der Waals surface area contributed by atoms with E-state index in [1.54, 1.807) is 4.90 Å². The van der Waals surface area contributed by atoms with Gasteiger partial charge in [-0.25, -0.2) is 0 Å². The Morgan fingerprint density at radius 1 is 1.17 bits per heavy atom. The monoisotopic (exact) mass is 354 g/mol. The minimum absolute atomic E-state index is 0.0461. The second-order valence-electron chi connectivity index (χ2n) is 6.84. The van der Waals surface area contributed by atoms with E-state index in [1.807, 2.05) is 18.2 Å². The average molecular weight is 354 g/mol. The van der Waals surface area contributed by atoms with Crippen LogP contribution in [0.4, 0.5) is 3.89 Å². The van der Waals surface area contributed by atoms with Gasteiger partial charge in [-0.15, -0.1) is 3.89 Å². The lowest BCUT2D eigenvalue weighted by Crippen LogP contribution is -2.48. The van der Waals surface area contributed by atoms with Gasteiger partial charge in [0.1, 0.15) is 0 Å². The Morgan fingerprint density at radius 3 is 2.62 bits per heavy atom. The fourth-order valence-corrected chi connectivity index (χ4v) is 4.61. The number of hydrogen-bond acceptors (Lipinski definition) is 4. The normalized spacial score (nSPS) is 26.0. The molecule has 2 aliphatic heterocycles. The highest BCUT2D eigenvalue weighted by atomic mass is 32.3. The number of amides is 1. The van der Waals surface area contributed by atoms with E-state index in [0.29, 0.717) is 6.54 Å². The van der Waals surface area contributed by atoms with Crippen molar-refractivity contribution < 1.29 is 17.1 Å². The van der Waals surface area contributed by atoms with Crippen molar-refractivity contribution in [3.63, 3.8) is 0 Å². The summed E-state index contributed by atoms with van der Waals surface area (Å²) in [6, 6.07) is 10.3. The van der Waals surface area contributed by atoms with E-state index in [0.717, 1.165) is 32.5 Å². The number of halogens is 1. The van der Waals surface area contributed by atoms with Gasteiger partial charge in [-0.1, -0.05) is 30.3 Å². The summed E-state index contributed by atoms with van der Waals surface area (Å²) in [5.41, 5.74) is 1.24. The number of benzene rings is 1. The molecule has 5 nitrogen and oxygen atoms in total. The number of nitrogens with zero attached hydrogens (tertiary/aromatic N) is 2. The van der Waals surface area contributed by atoms with Crippen LogP contribution in [0.25, 0.3) is 0 Å². The average Bonchev–Trinajstić information content (AvgIpc) is 2.87. The molecule has 0 aromatic heterocycles. The van der Waals surface area contributed by atoms with Crippen molar-refractivity contribution in [1.29, 1.82) is 0 Å². The lowest BCUT2D eigenvalue weighted by molar-refractivity contribution is -0.130. The first-order valence-electron chi connectivity index (χ1n) is 8.39. The molecule has 132 valence electrons. The lowest BCUT2D eigenvalue weighted by atomic mass is 10.0. The molecular formula is C17H23FN2O3S. The molecule has 1 amide bonds. The Morgan fingerprint density at radius 2 is 1.92 bits per heavy atom. The quantitative estimate of drug-likeness (QED) is 0.757. The molecule has 0 radical (unpaired) electrons. The van der Waals surface area contributed by atoms with Crippen molar-refractivity contribution in [1.82, 2.24) is 9.80 Å². The van der Waals surface area contributed by atoms with Crippen LogP contribution < -0.4 is 0 Å². The zero-order valence-corrected chi connectivity index (χ0v) is 14.4. The van der Waals surface area contributed by atoms with Crippen molar-refractivity contribution >= 4 is 16.1 Å². The summed E-state index contributed by atoms with van der Waals surface area (Å²) < 4.78 is 34.5. The molecule has 0 aliphatic carbocycles. The summed E-state index contributed by atoms with van der Waals surface area (Å²) in [6.07, 6.45) is 2.07. The van der Waals surface area contributed by atoms with E-state index in [9.17, 15) is 17.1 Å². The number of piperidine rings is 1. The first-order chi connectivity index (χ1) is 11.4. The van der Waals surface area contributed by atoms with E-state index in [-0.39, 0.29) is 18.4 Å². The molecule has 2 fully saturated rings. The first kappa shape index (κ1) is 17.4. The van der Waals surface area contributed by atoms with Crippen LogP contribution in [0, 0.1) is 5.92 Å². The molecule has 24 heavy (non-hydrogen) atoms. The van der Waals surface area contributed by atoms with Gasteiger partial charge in [0.15, 0.2) is 0 Å². The van der Waals surface area contributed by atoms with Gasteiger partial charge in [-0.2, -0.15) is 8.42 Å².